The molecule has 15 nitrogen and oxygen atoms in total. The third-order valence-electron chi connectivity index (χ3n) is 17.5. The lowest BCUT2D eigenvalue weighted by molar-refractivity contribution is -0.157. The summed E-state index contributed by atoms with van der Waals surface area (Å²) >= 11 is 0. The largest absolute Gasteiger partial charge is 0.458 e. The molecule has 0 saturated heterocycles. The Kier molecular flexibility index (Phi) is 49.6. The molecule has 0 radical (unpaired) electrons. The number of fused-ring (bicyclic) bond motifs is 3. The predicted molar refractivity (Wildman–Crippen MR) is 390 cm³/mol. The van der Waals surface area contributed by atoms with Crippen molar-refractivity contribution >= 4 is 51.4 Å². The number of pyridine rings is 1. The van der Waals surface area contributed by atoms with Crippen LogP contribution in [0.1, 0.15) is 311 Å². The van der Waals surface area contributed by atoms with Crippen molar-refractivity contribution in [3.8, 4) is 35.7 Å². The highest BCUT2D eigenvalue weighted by molar-refractivity contribution is 6.06. The average molecular weight is 1320 g/mol. The van der Waals surface area contributed by atoms with Gasteiger partial charge in [0.25, 0.3) is 0 Å². The molecule has 0 atom stereocenters. The molecule has 3 rings (SSSR count). The molecule has 0 aliphatic carbocycles. The molecular weight excluding hydrogens is 1190 g/mol. The number of imidazole rings is 1. The summed E-state index contributed by atoms with van der Waals surface area (Å²) in [6.45, 7) is 20.5. The van der Waals surface area contributed by atoms with Crippen molar-refractivity contribution in [1.82, 2.24) is 24.3 Å². The second-order valence-electron chi connectivity index (χ2n) is 26.7. The first-order valence-corrected chi connectivity index (χ1v) is 38.0. The van der Waals surface area contributed by atoms with Crippen LogP contribution in [-0.4, -0.2) is 119 Å². The van der Waals surface area contributed by atoms with E-state index in [-0.39, 0.29) is 43.5 Å². The topological polar surface area (TPSA) is 178 Å². The fraction of sp³-hybridized carbons (Fsp3) is 0.750. The van der Waals surface area contributed by atoms with E-state index in [2.05, 4.69) is 75.8 Å². The van der Waals surface area contributed by atoms with Crippen LogP contribution in [0.5, 0.6) is 0 Å². The third kappa shape index (κ3) is 42.6. The molecule has 0 amide bonds. The lowest BCUT2D eigenvalue weighted by Crippen LogP contribution is -2.34. The van der Waals surface area contributed by atoms with Crippen LogP contribution in [0.4, 0.5) is 5.82 Å². The third-order valence-corrected chi connectivity index (χ3v) is 17.5. The lowest BCUT2D eigenvalue weighted by atomic mass is 10.1. The van der Waals surface area contributed by atoms with E-state index in [0.29, 0.717) is 56.8 Å². The summed E-state index contributed by atoms with van der Waals surface area (Å²) in [6.07, 6.45) is 44.8. The second-order valence-corrected chi connectivity index (χ2v) is 26.7. The SMILES string of the molecule is CCCCCCC#CCOC(=O)CCCCCCCCN(CCCCCCCCC(=O)OCC#CCCCCCC)CCCN(CCCCCCCCC(=O)COC#CCCCCCC)CCCCCC(=O)OC(C)(C)Cn1c(COCC)nc2c(N)nc3ccccc3c21. The van der Waals surface area contributed by atoms with Crippen molar-refractivity contribution in [2.24, 2.45) is 0 Å². The van der Waals surface area contributed by atoms with Crippen molar-refractivity contribution in [3.63, 3.8) is 0 Å². The van der Waals surface area contributed by atoms with E-state index in [1.165, 1.54) is 96.3 Å². The summed E-state index contributed by atoms with van der Waals surface area (Å²) in [5.74, 6) is 16.1. The van der Waals surface area contributed by atoms with Gasteiger partial charge in [-0.15, -0.1) is 0 Å². The summed E-state index contributed by atoms with van der Waals surface area (Å²) < 4.78 is 30.3. The van der Waals surface area contributed by atoms with Crippen molar-refractivity contribution in [2.45, 2.75) is 324 Å². The Hall–Kier alpha value is -5.66. The number of unbranched alkanes of at least 4 members (excludes halogenated alkanes) is 29. The molecule has 2 N–H and O–H groups in total. The summed E-state index contributed by atoms with van der Waals surface area (Å²) in [5.41, 5.74) is 7.91. The van der Waals surface area contributed by atoms with Crippen LogP contribution in [0.15, 0.2) is 24.3 Å². The molecule has 0 bridgehead atoms. The Morgan fingerprint density at radius 2 is 0.926 bits per heavy atom. The molecule has 0 saturated carbocycles. The number of ether oxygens (including phenoxy) is 5. The van der Waals surface area contributed by atoms with E-state index in [9.17, 15) is 19.2 Å². The number of nitrogens with zero attached hydrogens (tertiary/aromatic N) is 5. The highest BCUT2D eigenvalue weighted by Crippen LogP contribution is 2.31. The fourth-order valence-corrected chi connectivity index (χ4v) is 12.0. The van der Waals surface area contributed by atoms with E-state index < -0.39 is 5.60 Å². The number of aromatic nitrogens is 3. The number of nitrogen functional groups attached to an aromatic ring is 1. The number of anilines is 1. The molecule has 0 unspecified atom stereocenters. The number of ketones is 1. The highest BCUT2D eigenvalue weighted by Gasteiger charge is 2.28. The van der Waals surface area contributed by atoms with Gasteiger partial charge in [0, 0.05) is 56.9 Å². The number of carbonyl (C=O) groups is 4. The van der Waals surface area contributed by atoms with Gasteiger partial charge in [-0.25, -0.2) is 9.97 Å². The van der Waals surface area contributed by atoms with Crippen molar-refractivity contribution in [1.29, 1.82) is 0 Å². The number of hydrogen-bond acceptors (Lipinski definition) is 14. The Morgan fingerprint density at radius 1 is 0.495 bits per heavy atom. The van der Waals surface area contributed by atoms with Crippen molar-refractivity contribution in [3.05, 3.63) is 30.1 Å². The number of esters is 3. The van der Waals surface area contributed by atoms with Gasteiger partial charge in [-0.05, 0) is 143 Å². The molecule has 15 heteroatoms. The van der Waals surface area contributed by atoms with E-state index in [1.54, 1.807) is 0 Å². The predicted octanol–water partition coefficient (Wildman–Crippen LogP) is 18.3. The second kappa shape index (κ2) is 56.4. The van der Waals surface area contributed by atoms with Gasteiger partial charge in [0.15, 0.2) is 31.4 Å². The molecule has 0 fully saturated rings. The molecule has 3 aromatic rings. The Morgan fingerprint density at radius 3 is 1.43 bits per heavy atom. The molecule has 0 aliphatic rings. The van der Waals surface area contributed by atoms with Gasteiger partial charge >= 0.3 is 17.9 Å². The first kappa shape index (κ1) is 83.6. The van der Waals surface area contributed by atoms with Crippen LogP contribution in [-0.2, 0) is 56.0 Å². The summed E-state index contributed by atoms with van der Waals surface area (Å²) in [5, 5.41) is 0.936. The van der Waals surface area contributed by atoms with E-state index in [1.807, 2.05) is 45.0 Å². The maximum Gasteiger partial charge on any atom is 0.306 e. The van der Waals surface area contributed by atoms with Gasteiger partial charge in [-0.3, -0.25) is 19.2 Å². The number of para-hydroxylation sites is 1. The van der Waals surface area contributed by atoms with E-state index in [4.69, 9.17) is 34.4 Å². The monoisotopic (exact) mass is 1320 g/mol. The quantitative estimate of drug-likeness (QED) is 0.0244. The zero-order valence-electron chi connectivity index (χ0n) is 60.8. The Labute approximate surface area is 576 Å². The Bertz CT molecular complexity index is 2650. The number of Topliss-reactive ketones (excluding diaryl/α,β-unsaturated/α-hetero) is 1. The van der Waals surface area contributed by atoms with Crippen LogP contribution >= 0.6 is 0 Å². The van der Waals surface area contributed by atoms with E-state index >= 15 is 0 Å². The van der Waals surface area contributed by atoms with Crippen LogP contribution in [0.3, 0.4) is 0 Å². The molecule has 95 heavy (non-hydrogen) atoms. The molecule has 1 aromatic carbocycles. The first-order chi connectivity index (χ1) is 46.4. The maximum atomic E-state index is 13.6. The number of hydrogen-bond donors (Lipinski definition) is 1. The molecule has 534 valence electrons. The first-order valence-electron chi connectivity index (χ1n) is 38.0. The van der Waals surface area contributed by atoms with Gasteiger partial charge in [0.2, 0.25) is 0 Å². The van der Waals surface area contributed by atoms with Crippen LogP contribution in [0.2, 0.25) is 0 Å². The van der Waals surface area contributed by atoms with Gasteiger partial charge in [-0.2, -0.15) is 0 Å². The van der Waals surface area contributed by atoms with E-state index in [0.717, 1.165) is 203 Å². The number of rotatable bonds is 59. The van der Waals surface area contributed by atoms with Crippen molar-refractivity contribution < 1.29 is 42.9 Å². The van der Waals surface area contributed by atoms with Crippen molar-refractivity contribution in [2.75, 3.05) is 71.4 Å². The van der Waals surface area contributed by atoms with Crippen LogP contribution in [0.25, 0.3) is 21.9 Å². The fourth-order valence-electron chi connectivity index (χ4n) is 12.0. The highest BCUT2D eigenvalue weighted by atomic mass is 16.6. The normalized spacial score (nSPS) is 11.4. The molecule has 2 aromatic heterocycles. The lowest BCUT2D eigenvalue weighted by Gasteiger charge is -2.27. The summed E-state index contributed by atoms with van der Waals surface area (Å²) in [7, 11) is 0. The van der Waals surface area contributed by atoms with Crippen LogP contribution < -0.4 is 5.73 Å². The minimum atomic E-state index is -0.826. The smallest absolute Gasteiger partial charge is 0.306 e. The number of carbonyl (C=O) groups excluding carboxylic acids is 4. The molecule has 2 heterocycles. The summed E-state index contributed by atoms with van der Waals surface area (Å²) in [4.78, 5) is 65.5. The standard InChI is InChI=1S/C80H130N6O9/c1-7-11-14-17-26-35-49-65-93-74(88)55-39-29-21-24-32-45-58-84(59-46-33-25-22-30-40-56-75(89)94-66-50-36-27-18-15-12-8-2)62-51-63-85(60-44-31-23-20-28-38-52-70(87)67-92-64-48-34-19-16-13-9-3)61-47-37-41-57-76(90)95-80(5,6)69-86-73(68-91-10-4)83-77-78(86)71-53-42-43-54-72(71)82-79(77)81/h42-43,53-54H,7-34,37-41,44-47,51-52,55-63,65-69H2,1-6H3,(H2,81,82). The average Bonchev–Trinajstić information content (AvgIpc) is 1.63. The molecule has 0 spiro atoms. The zero-order valence-corrected chi connectivity index (χ0v) is 60.8. The minimum absolute atomic E-state index is 0.0863. The summed E-state index contributed by atoms with van der Waals surface area (Å²) in [6, 6.07) is 7.91. The number of benzene rings is 1. The van der Waals surface area contributed by atoms with Gasteiger partial charge < -0.3 is 43.8 Å². The molecular formula is C80H130N6O9. The zero-order chi connectivity index (χ0) is 68.5. The van der Waals surface area contributed by atoms with Gasteiger partial charge in [0.1, 0.15) is 29.7 Å². The molecule has 0 aliphatic heterocycles. The Balaban J connectivity index is 1.54. The minimum Gasteiger partial charge on any atom is -0.458 e. The number of nitrogens with two attached hydrogens (primary N) is 1. The maximum absolute atomic E-state index is 13.6. The van der Waals surface area contributed by atoms with Gasteiger partial charge in [-0.1, -0.05) is 210 Å². The van der Waals surface area contributed by atoms with Gasteiger partial charge in [0.05, 0.1) is 17.6 Å². The van der Waals surface area contributed by atoms with Crippen LogP contribution in [0, 0.1) is 35.7 Å².